The molecule has 0 amide bonds. The Morgan fingerprint density at radius 3 is 2.74 bits per heavy atom. The molecule has 1 saturated heterocycles. The van der Waals surface area contributed by atoms with Crippen molar-refractivity contribution in [2.24, 2.45) is 0 Å². The summed E-state index contributed by atoms with van der Waals surface area (Å²) in [6.07, 6.45) is 5.64. The molecular weight excluding hydrogens is 262 g/mol. The summed E-state index contributed by atoms with van der Waals surface area (Å²) in [7, 11) is 0. The lowest BCUT2D eigenvalue weighted by Crippen LogP contribution is -2.38. The van der Waals surface area contributed by atoms with E-state index in [1.807, 2.05) is 13.2 Å². The number of piperidine rings is 1. The summed E-state index contributed by atoms with van der Waals surface area (Å²) in [6.45, 7) is 4.26. The van der Waals surface area contributed by atoms with Crippen molar-refractivity contribution in [1.82, 2.24) is 15.3 Å². The van der Waals surface area contributed by atoms with Gasteiger partial charge in [-0.2, -0.15) is 9.97 Å². The molecule has 0 aliphatic carbocycles. The highest BCUT2D eigenvalue weighted by Gasteiger charge is 2.14. The van der Waals surface area contributed by atoms with Gasteiger partial charge >= 0.3 is 0 Å². The molecule has 0 bridgehead atoms. The summed E-state index contributed by atoms with van der Waals surface area (Å²) < 4.78 is 11.2. The Hall–Kier alpha value is -1.01. The van der Waals surface area contributed by atoms with Gasteiger partial charge in [0, 0.05) is 6.04 Å². The van der Waals surface area contributed by atoms with Crippen molar-refractivity contribution in [3.8, 4) is 11.8 Å². The number of thioether (sulfide) groups is 1. The van der Waals surface area contributed by atoms with E-state index in [1.54, 1.807) is 6.07 Å². The number of hydrogen-bond donors (Lipinski definition) is 1. The number of nitrogens with one attached hydrogen (secondary N) is 1. The van der Waals surface area contributed by atoms with Gasteiger partial charge in [0.05, 0.1) is 12.7 Å². The van der Waals surface area contributed by atoms with Crippen LogP contribution >= 0.6 is 11.8 Å². The maximum Gasteiger partial charge on any atom is 0.221 e. The predicted molar refractivity (Wildman–Crippen MR) is 76.1 cm³/mol. The van der Waals surface area contributed by atoms with Gasteiger partial charge < -0.3 is 14.8 Å². The molecule has 1 unspecified atom stereocenters. The van der Waals surface area contributed by atoms with Gasteiger partial charge in [-0.15, -0.1) is 0 Å². The summed E-state index contributed by atoms with van der Waals surface area (Å²) in [4.78, 5) is 8.61. The zero-order valence-electron chi connectivity index (χ0n) is 11.5. The Morgan fingerprint density at radius 2 is 2.11 bits per heavy atom. The molecule has 5 nitrogen and oxygen atoms in total. The van der Waals surface area contributed by atoms with E-state index in [0.29, 0.717) is 36.2 Å². The van der Waals surface area contributed by atoms with Crippen LogP contribution in [0.4, 0.5) is 0 Å². The molecule has 0 spiro atoms. The zero-order valence-corrected chi connectivity index (χ0v) is 12.3. The van der Waals surface area contributed by atoms with Crippen molar-refractivity contribution in [3.63, 3.8) is 0 Å². The van der Waals surface area contributed by atoms with Crippen LogP contribution < -0.4 is 14.8 Å². The van der Waals surface area contributed by atoms with Crippen LogP contribution in [0.2, 0.25) is 0 Å². The normalized spacial score (nSPS) is 19.2. The number of rotatable bonds is 6. The first-order valence-electron chi connectivity index (χ1n) is 6.74. The molecule has 106 valence electrons. The summed E-state index contributed by atoms with van der Waals surface area (Å²) >= 11 is 1.49. The summed E-state index contributed by atoms with van der Waals surface area (Å²) in [5, 5.41) is 4.13. The first kappa shape index (κ1) is 14.4. The third kappa shape index (κ3) is 4.54. The van der Waals surface area contributed by atoms with Gasteiger partial charge in [-0.25, -0.2) is 0 Å². The molecule has 1 aromatic rings. The van der Waals surface area contributed by atoms with Crippen molar-refractivity contribution in [2.45, 2.75) is 37.4 Å². The molecule has 1 atom stereocenters. The highest BCUT2D eigenvalue weighted by molar-refractivity contribution is 7.98. The first-order valence-corrected chi connectivity index (χ1v) is 7.96. The van der Waals surface area contributed by atoms with Crippen LogP contribution in [-0.2, 0) is 0 Å². The molecule has 2 heterocycles. The van der Waals surface area contributed by atoms with Crippen molar-refractivity contribution in [3.05, 3.63) is 6.07 Å². The molecule has 1 aromatic heterocycles. The van der Waals surface area contributed by atoms with Crippen LogP contribution in [0.3, 0.4) is 0 Å². The second kappa shape index (κ2) is 7.55. The highest BCUT2D eigenvalue weighted by atomic mass is 32.2. The molecule has 1 aliphatic rings. The monoisotopic (exact) mass is 283 g/mol. The Balaban J connectivity index is 1.95. The molecule has 6 heteroatoms. The predicted octanol–water partition coefficient (Wildman–Crippen LogP) is 2.12. The standard InChI is InChI=1S/C13H21N3O2S/c1-3-17-11-8-12(16-13(15-11)19-2)18-9-10-6-4-5-7-14-10/h8,10,14H,3-7,9H2,1-2H3. The van der Waals surface area contributed by atoms with Crippen LogP contribution in [0.15, 0.2) is 11.2 Å². The minimum atomic E-state index is 0.428. The Morgan fingerprint density at radius 1 is 1.32 bits per heavy atom. The van der Waals surface area contributed by atoms with Crippen LogP contribution in [0.25, 0.3) is 0 Å². The third-order valence-corrected chi connectivity index (χ3v) is 3.53. The van der Waals surface area contributed by atoms with E-state index in [2.05, 4.69) is 15.3 Å². The van der Waals surface area contributed by atoms with E-state index >= 15 is 0 Å². The fourth-order valence-electron chi connectivity index (χ4n) is 2.02. The van der Waals surface area contributed by atoms with Crippen LogP contribution in [0, 0.1) is 0 Å². The molecule has 1 N–H and O–H groups in total. The first-order chi connectivity index (χ1) is 9.31. The van der Waals surface area contributed by atoms with Crippen molar-refractivity contribution < 1.29 is 9.47 Å². The van der Waals surface area contributed by atoms with Crippen molar-refractivity contribution >= 4 is 11.8 Å². The molecule has 1 fully saturated rings. The van der Waals surface area contributed by atoms with Gasteiger partial charge in [0.25, 0.3) is 0 Å². The fraction of sp³-hybridized carbons (Fsp3) is 0.692. The SMILES string of the molecule is CCOc1cc(OCC2CCCCN2)nc(SC)n1. The van der Waals surface area contributed by atoms with Gasteiger partial charge in [0.2, 0.25) is 11.8 Å². The second-order valence-corrected chi connectivity index (χ2v) is 5.20. The molecular formula is C13H21N3O2S. The average Bonchev–Trinajstić information content (AvgIpc) is 2.46. The van der Waals surface area contributed by atoms with Gasteiger partial charge in [0.1, 0.15) is 6.61 Å². The molecule has 1 aliphatic heterocycles. The van der Waals surface area contributed by atoms with Crippen molar-refractivity contribution in [1.29, 1.82) is 0 Å². The van der Waals surface area contributed by atoms with Crippen LogP contribution in [0.1, 0.15) is 26.2 Å². The minimum absolute atomic E-state index is 0.428. The van der Waals surface area contributed by atoms with Gasteiger partial charge in [-0.3, -0.25) is 0 Å². The second-order valence-electron chi connectivity index (χ2n) is 4.42. The average molecular weight is 283 g/mol. The number of hydrogen-bond acceptors (Lipinski definition) is 6. The molecule has 0 radical (unpaired) electrons. The van der Waals surface area contributed by atoms with Crippen LogP contribution in [-0.4, -0.2) is 42.0 Å². The van der Waals surface area contributed by atoms with E-state index in [0.717, 1.165) is 6.54 Å². The third-order valence-electron chi connectivity index (χ3n) is 2.98. The summed E-state index contributed by atoms with van der Waals surface area (Å²) in [5.74, 6) is 1.17. The number of nitrogens with zero attached hydrogens (tertiary/aromatic N) is 2. The van der Waals surface area contributed by atoms with E-state index in [-0.39, 0.29) is 0 Å². The van der Waals surface area contributed by atoms with Crippen LogP contribution in [0.5, 0.6) is 11.8 Å². The highest BCUT2D eigenvalue weighted by Crippen LogP contribution is 2.21. The van der Waals surface area contributed by atoms with E-state index < -0.39 is 0 Å². The lowest BCUT2D eigenvalue weighted by atomic mass is 10.1. The molecule has 0 saturated carbocycles. The summed E-state index contributed by atoms with van der Waals surface area (Å²) in [6, 6.07) is 2.18. The maximum atomic E-state index is 5.77. The van der Waals surface area contributed by atoms with E-state index in [4.69, 9.17) is 9.47 Å². The van der Waals surface area contributed by atoms with E-state index in [1.165, 1.54) is 31.0 Å². The molecule has 2 rings (SSSR count). The molecule has 19 heavy (non-hydrogen) atoms. The number of aromatic nitrogens is 2. The lowest BCUT2D eigenvalue weighted by Gasteiger charge is -2.23. The topological polar surface area (TPSA) is 56.3 Å². The Bertz CT molecular complexity index is 397. The minimum Gasteiger partial charge on any atom is -0.478 e. The zero-order chi connectivity index (χ0) is 13.5. The largest absolute Gasteiger partial charge is 0.478 e. The van der Waals surface area contributed by atoms with Gasteiger partial charge in [-0.05, 0) is 32.6 Å². The maximum absolute atomic E-state index is 5.77. The lowest BCUT2D eigenvalue weighted by molar-refractivity contribution is 0.227. The smallest absolute Gasteiger partial charge is 0.221 e. The Kier molecular flexibility index (Phi) is 5.72. The quantitative estimate of drug-likeness (QED) is 0.637. The van der Waals surface area contributed by atoms with Gasteiger partial charge in [-0.1, -0.05) is 18.2 Å². The Labute approximate surface area is 118 Å². The number of ether oxygens (including phenoxy) is 2. The van der Waals surface area contributed by atoms with E-state index in [9.17, 15) is 0 Å². The summed E-state index contributed by atoms with van der Waals surface area (Å²) in [5.41, 5.74) is 0. The van der Waals surface area contributed by atoms with Gasteiger partial charge in [0.15, 0.2) is 5.16 Å². The van der Waals surface area contributed by atoms with Crippen molar-refractivity contribution in [2.75, 3.05) is 26.0 Å². The fourth-order valence-corrected chi connectivity index (χ4v) is 2.39. The molecule has 0 aromatic carbocycles.